The summed E-state index contributed by atoms with van der Waals surface area (Å²) in [6, 6.07) is 24.8. The Balaban J connectivity index is 1.64. The number of hydrogen-bond acceptors (Lipinski definition) is 2. The lowest BCUT2D eigenvalue weighted by Gasteiger charge is -2.04. The zero-order valence-electron chi connectivity index (χ0n) is 16.7. The van der Waals surface area contributed by atoms with Crippen LogP contribution in [-0.4, -0.2) is 5.97 Å². The van der Waals surface area contributed by atoms with Crippen molar-refractivity contribution in [3.63, 3.8) is 0 Å². The maximum atomic E-state index is 11.9. The minimum absolute atomic E-state index is 0.427. The van der Waals surface area contributed by atoms with E-state index in [0.717, 1.165) is 22.3 Å². The molecule has 0 saturated carbocycles. The predicted octanol–water partition coefficient (Wildman–Crippen LogP) is 5.52. The molecule has 0 aliphatic rings. The normalized spacial score (nSPS) is 10.1. The number of allylic oxidation sites excluding steroid dienone is 1. The van der Waals surface area contributed by atoms with Gasteiger partial charge in [-0.15, -0.1) is 0 Å². The Labute approximate surface area is 177 Å². The standard InChI is InChI=1S/C28H20O2/c1-3-26(4-2)28(29)30-27-20-18-25(19-21-27)17-16-24-14-12-23(13-15-24)11-10-22-8-6-5-7-9-22/h3-9,12-15,18-21H,1H2,2H3/b26-4+. The van der Waals surface area contributed by atoms with E-state index in [1.54, 1.807) is 25.1 Å². The molecule has 0 fully saturated rings. The van der Waals surface area contributed by atoms with Gasteiger partial charge < -0.3 is 4.74 Å². The lowest BCUT2D eigenvalue weighted by atomic mass is 10.1. The van der Waals surface area contributed by atoms with Crippen LogP contribution < -0.4 is 4.74 Å². The van der Waals surface area contributed by atoms with E-state index in [2.05, 4.69) is 30.3 Å². The Bertz CT molecular complexity index is 1180. The molecule has 0 aliphatic heterocycles. The first-order valence-corrected chi connectivity index (χ1v) is 9.48. The summed E-state index contributed by atoms with van der Waals surface area (Å²) in [5.74, 6) is 12.6. The minimum Gasteiger partial charge on any atom is -0.423 e. The van der Waals surface area contributed by atoms with Gasteiger partial charge in [-0.05, 0) is 67.6 Å². The molecule has 0 N–H and O–H groups in total. The fourth-order valence-electron chi connectivity index (χ4n) is 2.54. The summed E-state index contributed by atoms with van der Waals surface area (Å²) in [7, 11) is 0. The van der Waals surface area contributed by atoms with Crippen LogP contribution in [0.5, 0.6) is 5.75 Å². The molecule has 30 heavy (non-hydrogen) atoms. The molecule has 2 heteroatoms. The van der Waals surface area contributed by atoms with Gasteiger partial charge in [0.05, 0.1) is 5.57 Å². The monoisotopic (exact) mass is 388 g/mol. The summed E-state index contributed by atoms with van der Waals surface area (Å²) < 4.78 is 5.30. The van der Waals surface area contributed by atoms with Gasteiger partial charge in [-0.1, -0.05) is 60.6 Å². The molecular weight excluding hydrogens is 368 g/mol. The lowest BCUT2D eigenvalue weighted by molar-refractivity contribution is -0.129. The minimum atomic E-state index is -0.429. The molecule has 0 spiro atoms. The molecule has 144 valence electrons. The largest absolute Gasteiger partial charge is 0.423 e. The van der Waals surface area contributed by atoms with Gasteiger partial charge in [-0.3, -0.25) is 0 Å². The van der Waals surface area contributed by atoms with Crippen LogP contribution in [0.1, 0.15) is 29.2 Å². The summed E-state index contributed by atoms with van der Waals surface area (Å²) >= 11 is 0. The number of esters is 1. The van der Waals surface area contributed by atoms with Crippen molar-refractivity contribution in [2.24, 2.45) is 0 Å². The quantitative estimate of drug-likeness (QED) is 0.194. The molecule has 3 aromatic rings. The topological polar surface area (TPSA) is 26.3 Å². The number of carbonyl (C=O) groups excluding carboxylic acids is 1. The highest BCUT2D eigenvalue weighted by molar-refractivity contribution is 5.92. The van der Waals surface area contributed by atoms with Gasteiger partial charge in [-0.2, -0.15) is 0 Å². The van der Waals surface area contributed by atoms with Crippen molar-refractivity contribution in [2.45, 2.75) is 6.92 Å². The van der Waals surface area contributed by atoms with Crippen LogP contribution in [0.3, 0.4) is 0 Å². The number of hydrogen-bond donors (Lipinski definition) is 0. The molecule has 0 radical (unpaired) electrons. The first kappa shape index (κ1) is 20.5. The van der Waals surface area contributed by atoms with Crippen LogP contribution in [0.4, 0.5) is 0 Å². The fraction of sp³-hybridized carbons (Fsp3) is 0.0357. The van der Waals surface area contributed by atoms with Crippen LogP contribution in [0, 0.1) is 23.7 Å². The Morgan fingerprint density at radius 3 is 1.60 bits per heavy atom. The predicted molar refractivity (Wildman–Crippen MR) is 121 cm³/mol. The van der Waals surface area contributed by atoms with Crippen LogP contribution >= 0.6 is 0 Å². The van der Waals surface area contributed by atoms with Crippen molar-refractivity contribution in [1.82, 2.24) is 0 Å². The summed E-state index contributed by atoms with van der Waals surface area (Å²) in [5, 5.41) is 0. The molecule has 3 rings (SSSR count). The Hall–Kier alpha value is -4.27. The highest BCUT2D eigenvalue weighted by Crippen LogP contribution is 2.14. The van der Waals surface area contributed by atoms with E-state index in [1.165, 1.54) is 6.08 Å². The summed E-state index contributed by atoms with van der Waals surface area (Å²) in [4.78, 5) is 11.9. The van der Waals surface area contributed by atoms with Crippen LogP contribution in [0.2, 0.25) is 0 Å². The van der Waals surface area contributed by atoms with E-state index in [9.17, 15) is 4.79 Å². The van der Waals surface area contributed by atoms with Gasteiger partial charge in [0, 0.05) is 22.3 Å². The van der Waals surface area contributed by atoms with Gasteiger partial charge in [0.2, 0.25) is 0 Å². The highest BCUT2D eigenvalue weighted by Gasteiger charge is 2.07. The average Bonchev–Trinajstić information content (AvgIpc) is 2.79. The zero-order valence-corrected chi connectivity index (χ0v) is 16.7. The van der Waals surface area contributed by atoms with E-state index < -0.39 is 5.97 Å². The van der Waals surface area contributed by atoms with E-state index in [4.69, 9.17) is 4.74 Å². The Morgan fingerprint density at radius 2 is 1.17 bits per heavy atom. The third kappa shape index (κ3) is 5.86. The molecule has 3 aromatic carbocycles. The first-order valence-electron chi connectivity index (χ1n) is 9.48. The van der Waals surface area contributed by atoms with Crippen molar-refractivity contribution >= 4 is 5.97 Å². The van der Waals surface area contributed by atoms with E-state index in [1.807, 2.05) is 66.7 Å². The van der Waals surface area contributed by atoms with Crippen LogP contribution in [-0.2, 0) is 4.79 Å². The number of benzene rings is 3. The van der Waals surface area contributed by atoms with Gasteiger partial charge in [-0.25, -0.2) is 4.79 Å². The lowest BCUT2D eigenvalue weighted by Crippen LogP contribution is -2.09. The van der Waals surface area contributed by atoms with E-state index in [-0.39, 0.29) is 0 Å². The van der Waals surface area contributed by atoms with Gasteiger partial charge in [0.1, 0.15) is 5.75 Å². The smallest absolute Gasteiger partial charge is 0.343 e. The molecule has 2 nitrogen and oxygen atoms in total. The van der Waals surface area contributed by atoms with Crippen molar-refractivity contribution in [3.8, 4) is 29.4 Å². The third-order valence-corrected chi connectivity index (χ3v) is 4.19. The molecule has 0 aromatic heterocycles. The average molecular weight is 388 g/mol. The Kier molecular flexibility index (Phi) is 7.04. The second-order valence-corrected chi connectivity index (χ2v) is 6.31. The van der Waals surface area contributed by atoms with Gasteiger partial charge in [0.25, 0.3) is 0 Å². The molecule has 0 amide bonds. The van der Waals surface area contributed by atoms with E-state index >= 15 is 0 Å². The van der Waals surface area contributed by atoms with Crippen molar-refractivity contribution in [1.29, 1.82) is 0 Å². The molecule has 0 atom stereocenters. The summed E-state index contributed by atoms with van der Waals surface area (Å²) in [5.41, 5.74) is 4.09. The SMILES string of the molecule is C=C/C(=C\C)C(=O)Oc1ccc(C#Cc2ccc(C#Cc3ccccc3)cc2)cc1. The maximum Gasteiger partial charge on any atom is 0.343 e. The number of ether oxygens (including phenoxy) is 1. The molecule has 0 unspecified atom stereocenters. The summed E-state index contributed by atoms with van der Waals surface area (Å²) in [6.45, 7) is 5.36. The highest BCUT2D eigenvalue weighted by atomic mass is 16.5. The molecular formula is C28H20O2. The maximum absolute atomic E-state index is 11.9. The first-order chi connectivity index (χ1) is 14.7. The second kappa shape index (κ2) is 10.3. The molecule has 0 saturated heterocycles. The van der Waals surface area contributed by atoms with Crippen LogP contribution in [0.25, 0.3) is 0 Å². The van der Waals surface area contributed by atoms with Crippen LogP contribution in [0.15, 0.2) is 103 Å². The van der Waals surface area contributed by atoms with Crippen molar-refractivity contribution < 1.29 is 9.53 Å². The zero-order chi connectivity index (χ0) is 21.2. The van der Waals surface area contributed by atoms with E-state index in [0.29, 0.717) is 11.3 Å². The number of carbonyl (C=O) groups is 1. The fourth-order valence-corrected chi connectivity index (χ4v) is 2.54. The summed E-state index contributed by atoms with van der Waals surface area (Å²) in [6.07, 6.45) is 3.13. The van der Waals surface area contributed by atoms with Gasteiger partial charge in [0.15, 0.2) is 0 Å². The second-order valence-electron chi connectivity index (χ2n) is 6.31. The van der Waals surface area contributed by atoms with Crippen molar-refractivity contribution in [3.05, 3.63) is 125 Å². The Morgan fingerprint density at radius 1 is 0.733 bits per heavy atom. The number of rotatable bonds is 3. The molecule has 0 heterocycles. The third-order valence-electron chi connectivity index (χ3n) is 4.19. The molecule has 0 bridgehead atoms. The molecule has 0 aliphatic carbocycles. The van der Waals surface area contributed by atoms with Crippen molar-refractivity contribution in [2.75, 3.05) is 0 Å². The van der Waals surface area contributed by atoms with Gasteiger partial charge >= 0.3 is 5.97 Å².